The topological polar surface area (TPSA) is 87.1 Å². The van der Waals surface area contributed by atoms with Crippen LogP contribution in [0.15, 0.2) is 65.7 Å². The Morgan fingerprint density at radius 2 is 1.50 bits per heavy atom. The molecular weight excluding hydrogens is 354 g/mol. The molecule has 0 aliphatic carbocycles. The zero-order valence-corrected chi connectivity index (χ0v) is 14.3. The smallest absolute Gasteiger partial charge is 0.258 e. The van der Waals surface area contributed by atoms with Gasteiger partial charge in [0.05, 0.1) is 12.1 Å². The molecule has 0 fully saturated rings. The summed E-state index contributed by atoms with van der Waals surface area (Å²) in [6.07, 6.45) is 0. The Labute approximate surface area is 153 Å². The summed E-state index contributed by atoms with van der Waals surface area (Å²) in [6, 6.07) is 16.1. The van der Waals surface area contributed by atoms with Gasteiger partial charge in [-0.3, -0.25) is 9.59 Å². The van der Waals surface area contributed by atoms with Crippen molar-refractivity contribution in [3.8, 4) is 11.5 Å². The van der Waals surface area contributed by atoms with E-state index in [0.29, 0.717) is 17.2 Å². The van der Waals surface area contributed by atoms with E-state index in [-0.39, 0.29) is 23.5 Å². The summed E-state index contributed by atoms with van der Waals surface area (Å²) in [7, 11) is 0. The first-order chi connectivity index (χ1) is 12.5. The number of amides is 1. The summed E-state index contributed by atoms with van der Waals surface area (Å²) in [4.78, 5) is 26.3. The molecule has 132 valence electrons. The SMILES string of the molecule is O=C1CN(c2ccc(Oc3ccccc3)cc2)C(=O)C2=C1C(O)SC2O. The maximum atomic E-state index is 12.7. The van der Waals surface area contributed by atoms with Crippen LogP contribution in [0.5, 0.6) is 11.5 Å². The van der Waals surface area contributed by atoms with Gasteiger partial charge < -0.3 is 19.8 Å². The van der Waals surface area contributed by atoms with Gasteiger partial charge in [-0.05, 0) is 36.4 Å². The van der Waals surface area contributed by atoms with E-state index in [9.17, 15) is 19.8 Å². The molecule has 0 radical (unpaired) electrons. The van der Waals surface area contributed by atoms with Crippen LogP contribution in [0.3, 0.4) is 0 Å². The number of carbonyl (C=O) groups excluding carboxylic acids is 2. The molecule has 7 heteroatoms. The molecule has 0 aromatic heterocycles. The van der Waals surface area contributed by atoms with Crippen LogP contribution < -0.4 is 9.64 Å². The van der Waals surface area contributed by atoms with Crippen LogP contribution in [-0.4, -0.2) is 39.3 Å². The van der Waals surface area contributed by atoms with Gasteiger partial charge in [-0.2, -0.15) is 0 Å². The van der Waals surface area contributed by atoms with Crippen LogP contribution in [-0.2, 0) is 9.59 Å². The van der Waals surface area contributed by atoms with Gasteiger partial charge in [0.15, 0.2) is 5.78 Å². The van der Waals surface area contributed by atoms with Crippen molar-refractivity contribution < 1.29 is 24.5 Å². The number of rotatable bonds is 3. The zero-order chi connectivity index (χ0) is 18.3. The summed E-state index contributed by atoms with van der Waals surface area (Å²) in [6.45, 7) is -0.166. The molecular formula is C19H15NO5S. The number of para-hydroxylation sites is 1. The number of ether oxygens (including phenoxy) is 1. The Morgan fingerprint density at radius 1 is 0.885 bits per heavy atom. The number of anilines is 1. The summed E-state index contributed by atoms with van der Waals surface area (Å²) < 4.78 is 5.71. The Morgan fingerprint density at radius 3 is 2.19 bits per heavy atom. The predicted octanol–water partition coefficient (Wildman–Crippen LogP) is 2.07. The fourth-order valence-corrected chi connectivity index (χ4v) is 4.01. The van der Waals surface area contributed by atoms with Crippen molar-refractivity contribution >= 4 is 29.1 Å². The lowest BCUT2D eigenvalue weighted by molar-refractivity contribution is -0.121. The number of hydrogen-bond acceptors (Lipinski definition) is 6. The molecule has 2 aromatic carbocycles. The fraction of sp³-hybridized carbons (Fsp3) is 0.158. The number of aliphatic hydroxyl groups excluding tert-OH is 2. The van der Waals surface area contributed by atoms with Crippen LogP contribution in [0.1, 0.15) is 0 Å². The molecule has 2 heterocycles. The maximum Gasteiger partial charge on any atom is 0.258 e. The Hall–Kier alpha value is -2.61. The van der Waals surface area contributed by atoms with Gasteiger partial charge in [0.25, 0.3) is 5.91 Å². The quantitative estimate of drug-likeness (QED) is 0.861. The second kappa shape index (κ2) is 6.60. The third-order valence-corrected chi connectivity index (χ3v) is 5.23. The average Bonchev–Trinajstić information content (AvgIpc) is 2.95. The predicted molar refractivity (Wildman–Crippen MR) is 96.9 cm³/mol. The molecule has 2 aliphatic rings. The molecule has 2 aliphatic heterocycles. The summed E-state index contributed by atoms with van der Waals surface area (Å²) in [5.41, 5.74) is -1.83. The van der Waals surface area contributed by atoms with E-state index in [1.54, 1.807) is 24.3 Å². The number of benzene rings is 2. The van der Waals surface area contributed by atoms with E-state index in [1.165, 1.54) is 4.90 Å². The lowest BCUT2D eigenvalue weighted by atomic mass is 9.98. The van der Waals surface area contributed by atoms with Crippen LogP contribution in [0.2, 0.25) is 0 Å². The van der Waals surface area contributed by atoms with Gasteiger partial charge in [0.2, 0.25) is 0 Å². The normalized spacial score (nSPS) is 22.6. The van der Waals surface area contributed by atoms with Crippen molar-refractivity contribution in [2.75, 3.05) is 11.4 Å². The molecule has 0 saturated carbocycles. The third kappa shape index (κ3) is 2.90. The maximum absolute atomic E-state index is 12.7. The molecule has 0 bridgehead atoms. The number of thioether (sulfide) groups is 1. The minimum atomic E-state index is -1.19. The molecule has 0 spiro atoms. The fourth-order valence-electron chi connectivity index (χ4n) is 3.01. The molecule has 0 saturated heterocycles. The number of carbonyl (C=O) groups is 2. The van der Waals surface area contributed by atoms with Crippen LogP contribution in [0.25, 0.3) is 0 Å². The van der Waals surface area contributed by atoms with Crippen molar-refractivity contribution in [2.45, 2.75) is 10.9 Å². The first-order valence-electron chi connectivity index (χ1n) is 7.98. The van der Waals surface area contributed by atoms with Crippen LogP contribution in [0, 0.1) is 0 Å². The molecule has 6 nitrogen and oxygen atoms in total. The minimum absolute atomic E-state index is 0.0211. The van der Waals surface area contributed by atoms with E-state index >= 15 is 0 Å². The number of hydrogen-bond donors (Lipinski definition) is 2. The first kappa shape index (κ1) is 16.8. The summed E-state index contributed by atoms with van der Waals surface area (Å²) >= 11 is 0.783. The highest BCUT2D eigenvalue weighted by molar-refractivity contribution is 8.00. The van der Waals surface area contributed by atoms with Crippen molar-refractivity contribution in [2.24, 2.45) is 0 Å². The van der Waals surface area contributed by atoms with Gasteiger partial charge in [-0.25, -0.2) is 0 Å². The van der Waals surface area contributed by atoms with E-state index < -0.39 is 16.8 Å². The summed E-state index contributed by atoms with van der Waals surface area (Å²) in [5, 5.41) is 19.8. The molecule has 1 amide bonds. The molecule has 2 unspecified atom stereocenters. The monoisotopic (exact) mass is 369 g/mol. The lowest BCUT2D eigenvalue weighted by Crippen LogP contribution is -2.44. The first-order valence-corrected chi connectivity index (χ1v) is 8.92. The highest BCUT2D eigenvalue weighted by Gasteiger charge is 2.45. The van der Waals surface area contributed by atoms with E-state index in [4.69, 9.17) is 4.74 Å². The molecule has 2 atom stereocenters. The van der Waals surface area contributed by atoms with Gasteiger partial charge in [-0.15, -0.1) is 0 Å². The Bertz CT molecular complexity index is 894. The van der Waals surface area contributed by atoms with Crippen molar-refractivity contribution in [1.82, 2.24) is 0 Å². The second-order valence-electron chi connectivity index (χ2n) is 5.89. The van der Waals surface area contributed by atoms with E-state index in [0.717, 1.165) is 11.8 Å². The van der Waals surface area contributed by atoms with Gasteiger partial charge >= 0.3 is 0 Å². The van der Waals surface area contributed by atoms with Crippen LogP contribution >= 0.6 is 11.8 Å². The number of aliphatic hydroxyl groups is 2. The highest BCUT2D eigenvalue weighted by atomic mass is 32.2. The average molecular weight is 369 g/mol. The molecule has 2 N–H and O–H groups in total. The molecule has 26 heavy (non-hydrogen) atoms. The van der Waals surface area contributed by atoms with E-state index in [2.05, 4.69) is 0 Å². The van der Waals surface area contributed by atoms with Crippen molar-refractivity contribution in [3.05, 3.63) is 65.7 Å². The van der Waals surface area contributed by atoms with Crippen molar-refractivity contribution in [1.29, 1.82) is 0 Å². The Kier molecular flexibility index (Phi) is 4.28. The van der Waals surface area contributed by atoms with Gasteiger partial charge in [-0.1, -0.05) is 30.0 Å². The largest absolute Gasteiger partial charge is 0.457 e. The van der Waals surface area contributed by atoms with Gasteiger partial charge in [0.1, 0.15) is 22.4 Å². The summed E-state index contributed by atoms with van der Waals surface area (Å²) in [5.74, 6) is 0.468. The number of nitrogens with zero attached hydrogens (tertiary/aromatic N) is 1. The Balaban J connectivity index is 1.58. The van der Waals surface area contributed by atoms with E-state index in [1.807, 2.05) is 30.3 Å². The third-order valence-electron chi connectivity index (χ3n) is 4.25. The zero-order valence-electron chi connectivity index (χ0n) is 13.5. The number of ketones is 1. The molecule has 4 rings (SSSR count). The van der Waals surface area contributed by atoms with Gasteiger partial charge in [0, 0.05) is 11.3 Å². The standard InChI is InChI=1S/C19H15NO5S/c21-14-10-20(17(22)16-15(14)18(23)26-19(16)24)11-6-8-13(9-7-11)25-12-4-2-1-3-5-12/h1-9,18-19,23-24H,10H2. The minimum Gasteiger partial charge on any atom is -0.457 e. The molecule has 2 aromatic rings. The van der Waals surface area contributed by atoms with Crippen LogP contribution in [0.4, 0.5) is 5.69 Å². The lowest BCUT2D eigenvalue weighted by Gasteiger charge is -2.28. The second-order valence-corrected chi connectivity index (χ2v) is 7.06. The van der Waals surface area contributed by atoms with Crippen molar-refractivity contribution in [3.63, 3.8) is 0 Å². The highest BCUT2D eigenvalue weighted by Crippen LogP contribution is 2.40. The number of Topliss-reactive ketones (excluding diaryl/α,β-unsaturated/α-hetero) is 1.